The molecule has 2 aliphatic rings. The zero-order chi connectivity index (χ0) is 16.4. The lowest BCUT2D eigenvalue weighted by Gasteiger charge is -2.32. The van der Waals surface area contributed by atoms with Gasteiger partial charge in [0.2, 0.25) is 12.5 Å². The second kappa shape index (κ2) is 6.39. The summed E-state index contributed by atoms with van der Waals surface area (Å²) in [6.45, 7) is 3.08. The summed E-state index contributed by atoms with van der Waals surface area (Å²) in [6, 6.07) is 1.72. The van der Waals surface area contributed by atoms with Gasteiger partial charge in [-0.15, -0.1) is 0 Å². The van der Waals surface area contributed by atoms with Crippen LogP contribution in [-0.2, 0) is 16.0 Å². The molecule has 3 rings (SSSR count). The van der Waals surface area contributed by atoms with Crippen LogP contribution in [0.25, 0.3) is 0 Å². The fraction of sp³-hybridized carbons (Fsp3) is 0.471. The lowest BCUT2D eigenvalue weighted by atomic mass is 9.91. The summed E-state index contributed by atoms with van der Waals surface area (Å²) in [4.78, 5) is 13.6. The molecule has 0 bridgehead atoms. The van der Waals surface area contributed by atoms with Gasteiger partial charge in [-0.25, -0.2) is 4.79 Å². The topological polar surface area (TPSA) is 57.2 Å². The Morgan fingerprint density at radius 3 is 3.04 bits per heavy atom. The van der Waals surface area contributed by atoms with E-state index in [4.69, 9.17) is 18.9 Å². The fourth-order valence-corrected chi connectivity index (χ4v) is 2.91. The highest BCUT2D eigenvalue weighted by Gasteiger charge is 2.33. The Hall–Kier alpha value is -2.39. The van der Waals surface area contributed by atoms with E-state index in [9.17, 15) is 4.79 Å². The first kappa shape index (κ1) is 15.5. The van der Waals surface area contributed by atoms with Crippen molar-refractivity contribution in [3.63, 3.8) is 0 Å². The number of hydrogen-bond acceptors (Lipinski definition) is 6. The van der Waals surface area contributed by atoms with Crippen molar-refractivity contribution in [1.82, 2.24) is 4.90 Å². The predicted molar refractivity (Wildman–Crippen MR) is 82.6 cm³/mol. The van der Waals surface area contributed by atoms with Crippen LogP contribution in [0.2, 0.25) is 0 Å². The Morgan fingerprint density at radius 2 is 2.30 bits per heavy atom. The van der Waals surface area contributed by atoms with Gasteiger partial charge in [0.25, 0.3) is 0 Å². The maximum absolute atomic E-state index is 11.6. The van der Waals surface area contributed by atoms with Gasteiger partial charge >= 0.3 is 5.97 Å². The highest BCUT2D eigenvalue weighted by atomic mass is 16.7. The number of methoxy groups -OCH3 is 1. The van der Waals surface area contributed by atoms with Crippen LogP contribution in [0, 0.1) is 11.8 Å². The number of hydrogen-bond donors (Lipinski definition) is 0. The number of fused-ring (bicyclic) bond motifs is 2. The van der Waals surface area contributed by atoms with Crippen molar-refractivity contribution >= 4 is 5.97 Å². The van der Waals surface area contributed by atoms with E-state index >= 15 is 0 Å². The normalized spacial score (nSPS) is 18.7. The second-order valence-electron chi connectivity index (χ2n) is 5.34. The number of nitrogens with zero attached hydrogens (tertiary/aromatic N) is 1. The van der Waals surface area contributed by atoms with Gasteiger partial charge < -0.3 is 18.9 Å². The summed E-state index contributed by atoms with van der Waals surface area (Å²) >= 11 is 0. The molecule has 6 heteroatoms. The molecule has 6 nitrogen and oxygen atoms in total. The maximum Gasteiger partial charge on any atom is 0.384 e. The first-order valence-corrected chi connectivity index (χ1v) is 7.53. The molecule has 0 N–H and O–H groups in total. The van der Waals surface area contributed by atoms with Crippen LogP contribution in [0.5, 0.6) is 17.2 Å². The molecule has 0 aliphatic carbocycles. The second-order valence-corrected chi connectivity index (χ2v) is 5.34. The minimum absolute atomic E-state index is 0.184. The SMILES string of the molecule is CCOC(=O)C#C[C@H]1c2c(cc3c(c2OC)OCO3)CCN1C. The van der Waals surface area contributed by atoms with Gasteiger partial charge in [0.1, 0.15) is 6.04 Å². The maximum atomic E-state index is 11.6. The Labute approximate surface area is 135 Å². The van der Waals surface area contributed by atoms with Crippen molar-refractivity contribution < 1.29 is 23.7 Å². The minimum atomic E-state index is -0.521. The van der Waals surface area contributed by atoms with E-state index in [0.717, 1.165) is 24.1 Å². The van der Waals surface area contributed by atoms with Crippen molar-refractivity contribution in [1.29, 1.82) is 0 Å². The molecule has 2 heterocycles. The van der Waals surface area contributed by atoms with Crippen LogP contribution in [0.1, 0.15) is 24.1 Å². The van der Waals surface area contributed by atoms with Crippen LogP contribution < -0.4 is 14.2 Å². The van der Waals surface area contributed by atoms with E-state index < -0.39 is 5.97 Å². The van der Waals surface area contributed by atoms with Crippen LogP contribution in [0.3, 0.4) is 0 Å². The van der Waals surface area contributed by atoms with Crippen molar-refractivity contribution in [3.05, 3.63) is 17.2 Å². The molecule has 0 spiro atoms. The molecule has 23 heavy (non-hydrogen) atoms. The molecule has 0 saturated heterocycles. The number of carbonyl (C=O) groups is 1. The molecule has 1 atom stereocenters. The molecule has 1 aromatic rings. The highest BCUT2D eigenvalue weighted by molar-refractivity contribution is 5.88. The van der Waals surface area contributed by atoms with Gasteiger partial charge in [0.05, 0.1) is 13.7 Å². The highest BCUT2D eigenvalue weighted by Crippen LogP contribution is 2.49. The van der Waals surface area contributed by atoms with Crippen molar-refractivity contribution in [2.45, 2.75) is 19.4 Å². The average molecular weight is 317 g/mol. The van der Waals surface area contributed by atoms with Gasteiger partial charge in [0.15, 0.2) is 11.5 Å². The molecule has 122 valence electrons. The summed E-state index contributed by atoms with van der Waals surface area (Å²) in [5.74, 6) is 6.97. The minimum Gasteiger partial charge on any atom is -0.492 e. The van der Waals surface area contributed by atoms with Crippen LogP contribution in [-0.4, -0.2) is 45.0 Å². The predicted octanol–water partition coefficient (Wildman–Crippen LogP) is 1.52. The quantitative estimate of drug-likeness (QED) is 0.468. The van der Waals surface area contributed by atoms with Gasteiger partial charge in [-0.1, -0.05) is 5.92 Å². The third kappa shape index (κ3) is 2.80. The summed E-state index contributed by atoms with van der Waals surface area (Å²) < 4.78 is 21.5. The van der Waals surface area contributed by atoms with Crippen molar-refractivity contribution in [2.75, 3.05) is 34.1 Å². The van der Waals surface area contributed by atoms with Crippen LogP contribution >= 0.6 is 0 Å². The number of carbonyl (C=O) groups excluding carboxylic acids is 1. The summed E-state index contributed by atoms with van der Waals surface area (Å²) in [5.41, 5.74) is 2.04. The Balaban J connectivity index is 2.05. The number of likely N-dealkylation sites (N-methyl/N-ethyl adjacent to an activating group) is 1. The number of rotatable bonds is 2. The Kier molecular flexibility index (Phi) is 4.30. The lowest BCUT2D eigenvalue weighted by Crippen LogP contribution is -2.32. The van der Waals surface area contributed by atoms with Crippen LogP contribution in [0.4, 0.5) is 0 Å². The lowest BCUT2D eigenvalue weighted by molar-refractivity contribution is -0.136. The first-order chi connectivity index (χ1) is 11.2. The molecular weight excluding hydrogens is 298 g/mol. The molecular formula is C17H19NO5. The van der Waals surface area contributed by atoms with Crippen molar-refractivity contribution in [2.24, 2.45) is 0 Å². The third-order valence-corrected chi connectivity index (χ3v) is 3.98. The molecule has 0 amide bonds. The molecule has 0 fully saturated rings. The molecule has 0 unspecified atom stereocenters. The monoisotopic (exact) mass is 317 g/mol. The van der Waals surface area contributed by atoms with E-state index in [-0.39, 0.29) is 12.8 Å². The zero-order valence-corrected chi connectivity index (χ0v) is 13.5. The molecule has 0 radical (unpaired) electrons. The Morgan fingerprint density at radius 1 is 1.48 bits per heavy atom. The summed E-state index contributed by atoms with van der Waals surface area (Å²) in [7, 11) is 3.57. The molecule has 0 aromatic heterocycles. The number of benzene rings is 1. The van der Waals surface area contributed by atoms with Gasteiger partial charge in [0, 0.05) is 18.0 Å². The number of esters is 1. The smallest absolute Gasteiger partial charge is 0.384 e. The Bertz CT molecular complexity index is 688. The van der Waals surface area contributed by atoms with Gasteiger partial charge in [-0.3, -0.25) is 4.90 Å². The van der Waals surface area contributed by atoms with E-state index in [1.165, 1.54) is 0 Å². The third-order valence-electron chi connectivity index (χ3n) is 3.98. The summed E-state index contributed by atoms with van der Waals surface area (Å²) in [6.07, 6.45) is 0.858. The van der Waals surface area contributed by atoms with Gasteiger partial charge in [-0.2, -0.15) is 0 Å². The summed E-state index contributed by atoms with van der Waals surface area (Å²) in [5, 5.41) is 0. The standard InChI is InChI=1S/C17H19NO5/c1-4-21-14(19)6-5-12-15-11(7-8-18(12)2)9-13-16(17(15)20-3)23-10-22-13/h9,12H,4,7-8,10H2,1-3H3/t12-/m0/s1. The average Bonchev–Trinajstić information content (AvgIpc) is 3.00. The number of ether oxygens (including phenoxy) is 4. The van der Waals surface area contributed by atoms with Crippen molar-refractivity contribution in [3.8, 4) is 29.1 Å². The molecule has 0 saturated carbocycles. The first-order valence-electron chi connectivity index (χ1n) is 7.53. The van der Waals surface area contributed by atoms with Crippen LogP contribution in [0.15, 0.2) is 6.07 Å². The molecule has 1 aromatic carbocycles. The molecule has 2 aliphatic heterocycles. The largest absolute Gasteiger partial charge is 0.492 e. The van der Waals surface area contributed by atoms with E-state index in [0.29, 0.717) is 23.9 Å². The van der Waals surface area contributed by atoms with E-state index in [2.05, 4.69) is 16.7 Å². The fourth-order valence-electron chi connectivity index (χ4n) is 2.91. The van der Waals surface area contributed by atoms with E-state index in [1.54, 1.807) is 14.0 Å². The van der Waals surface area contributed by atoms with E-state index in [1.807, 2.05) is 13.1 Å². The van der Waals surface area contributed by atoms with Gasteiger partial charge in [-0.05, 0) is 32.0 Å². The zero-order valence-electron chi connectivity index (χ0n) is 13.5.